The van der Waals surface area contributed by atoms with Crippen molar-refractivity contribution in [3.63, 3.8) is 0 Å². The number of amides is 2. The van der Waals surface area contributed by atoms with Gasteiger partial charge in [0.25, 0.3) is 5.91 Å². The van der Waals surface area contributed by atoms with E-state index in [9.17, 15) is 9.59 Å². The standard InChI is InChI=1S/C24H28N4O4/c1-16(2)18-6-5-7-22(12-18)32-17(3)24(30)27-20-13-25-28(14-20)15-23(29)26-19-8-10-21(31-4)11-9-19/h5-14,16-17H,15H2,1-4H3,(H,26,29)(H,27,30). The second-order valence-electron chi connectivity index (χ2n) is 7.68. The van der Waals surface area contributed by atoms with Crippen LogP contribution >= 0.6 is 0 Å². The topological polar surface area (TPSA) is 94.5 Å². The highest BCUT2D eigenvalue weighted by Gasteiger charge is 2.16. The Hall–Kier alpha value is -3.81. The predicted octanol–water partition coefficient (Wildman–Crippen LogP) is 4.06. The Balaban J connectivity index is 1.51. The highest BCUT2D eigenvalue weighted by atomic mass is 16.5. The van der Waals surface area contributed by atoms with Gasteiger partial charge in [-0.15, -0.1) is 0 Å². The van der Waals surface area contributed by atoms with Crippen molar-refractivity contribution in [1.29, 1.82) is 0 Å². The van der Waals surface area contributed by atoms with E-state index >= 15 is 0 Å². The average molecular weight is 437 g/mol. The molecule has 0 fully saturated rings. The lowest BCUT2D eigenvalue weighted by atomic mass is 10.0. The van der Waals surface area contributed by atoms with Gasteiger partial charge in [0.1, 0.15) is 18.0 Å². The predicted molar refractivity (Wildman–Crippen MR) is 123 cm³/mol. The molecule has 1 atom stereocenters. The normalized spacial score (nSPS) is 11.7. The second-order valence-corrected chi connectivity index (χ2v) is 7.68. The quantitative estimate of drug-likeness (QED) is 0.528. The zero-order valence-corrected chi connectivity index (χ0v) is 18.7. The fourth-order valence-corrected chi connectivity index (χ4v) is 2.99. The fraction of sp³-hybridized carbons (Fsp3) is 0.292. The number of ether oxygens (including phenoxy) is 2. The third-order valence-electron chi connectivity index (χ3n) is 4.79. The molecule has 168 valence electrons. The number of methoxy groups -OCH3 is 1. The van der Waals surface area contributed by atoms with Crippen LogP contribution in [0.2, 0.25) is 0 Å². The van der Waals surface area contributed by atoms with Gasteiger partial charge in [0.2, 0.25) is 5.91 Å². The molecule has 0 saturated carbocycles. The summed E-state index contributed by atoms with van der Waals surface area (Å²) in [6.07, 6.45) is 2.39. The summed E-state index contributed by atoms with van der Waals surface area (Å²) in [5.74, 6) is 1.18. The first-order chi connectivity index (χ1) is 15.3. The summed E-state index contributed by atoms with van der Waals surface area (Å²) >= 11 is 0. The molecule has 3 aromatic rings. The van der Waals surface area contributed by atoms with Crippen molar-refractivity contribution in [2.45, 2.75) is 39.3 Å². The van der Waals surface area contributed by atoms with Crippen LogP contribution < -0.4 is 20.1 Å². The van der Waals surface area contributed by atoms with Gasteiger partial charge in [-0.3, -0.25) is 14.3 Å². The van der Waals surface area contributed by atoms with Crippen LogP contribution in [0.15, 0.2) is 60.9 Å². The number of nitrogens with zero attached hydrogens (tertiary/aromatic N) is 2. The Kier molecular flexibility index (Phi) is 7.49. The van der Waals surface area contributed by atoms with Gasteiger partial charge in [-0.05, 0) is 54.8 Å². The zero-order chi connectivity index (χ0) is 23.1. The summed E-state index contributed by atoms with van der Waals surface area (Å²) in [5.41, 5.74) is 2.28. The van der Waals surface area contributed by atoms with Gasteiger partial charge in [-0.1, -0.05) is 26.0 Å². The number of hydrogen-bond acceptors (Lipinski definition) is 5. The molecule has 32 heavy (non-hydrogen) atoms. The minimum atomic E-state index is -0.695. The van der Waals surface area contributed by atoms with Crippen LogP contribution in [0.4, 0.5) is 11.4 Å². The molecule has 2 amide bonds. The van der Waals surface area contributed by atoms with Gasteiger partial charge < -0.3 is 20.1 Å². The van der Waals surface area contributed by atoms with Crippen molar-refractivity contribution in [2.24, 2.45) is 0 Å². The first kappa shape index (κ1) is 22.9. The summed E-state index contributed by atoms with van der Waals surface area (Å²) in [5, 5.41) is 9.68. The molecule has 0 spiro atoms. The van der Waals surface area contributed by atoms with Gasteiger partial charge >= 0.3 is 0 Å². The molecule has 0 saturated heterocycles. The zero-order valence-electron chi connectivity index (χ0n) is 18.7. The lowest BCUT2D eigenvalue weighted by Crippen LogP contribution is -2.30. The van der Waals surface area contributed by atoms with E-state index in [4.69, 9.17) is 9.47 Å². The Labute approximate surface area is 187 Å². The average Bonchev–Trinajstić information content (AvgIpc) is 3.20. The molecule has 8 heteroatoms. The van der Waals surface area contributed by atoms with Gasteiger partial charge in [-0.25, -0.2) is 0 Å². The number of hydrogen-bond donors (Lipinski definition) is 2. The number of nitrogens with one attached hydrogen (secondary N) is 2. The molecular weight excluding hydrogens is 408 g/mol. The number of anilines is 2. The monoisotopic (exact) mass is 436 g/mol. The van der Waals surface area contributed by atoms with E-state index in [-0.39, 0.29) is 18.4 Å². The van der Waals surface area contributed by atoms with E-state index in [2.05, 4.69) is 29.6 Å². The summed E-state index contributed by atoms with van der Waals surface area (Å²) in [7, 11) is 1.58. The van der Waals surface area contributed by atoms with Crippen molar-refractivity contribution in [3.05, 3.63) is 66.5 Å². The molecule has 2 N–H and O–H groups in total. The first-order valence-electron chi connectivity index (χ1n) is 10.4. The molecule has 0 bridgehead atoms. The van der Waals surface area contributed by atoms with Gasteiger partial charge in [0.15, 0.2) is 6.10 Å². The molecule has 1 unspecified atom stereocenters. The molecule has 3 rings (SSSR count). The van der Waals surface area contributed by atoms with Crippen molar-refractivity contribution in [1.82, 2.24) is 9.78 Å². The van der Waals surface area contributed by atoms with Crippen molar-refractivity contribution < 1.29 is 19.1 Å². The van der Waals surface area contributed by atoms with E-state index in [1.807, 2.05) is 24.3 Å². The van der Waals surface area contributed by atoms with Crippen molar-refractivity contribution >= 4 is 23.2 Å². The van der Waals surface area contributed by atoms with Crippen LogP contribution in [0.1, 0.15) is 32.3 Å². The smallest absolute Gasteiger partial charge is 0.265 e. The first-order valence-corrected chi connectivity index (χ1v) is 10.4. The Morgan fingerprint density at radius 1 is 1.00 bits per heavy atom. The highest BCUT2D eigenvalue weighted by molar-refractivity contribution is 5.94. The lowest BCUT2D eigenvalue weighted by Gasteiger charge is -2.15. The molecule has 0 radical (unpaired) electrons. The maximum atomic E-state index is 12.5. The SMILES string of the molecule is COc1ccc(NC(=O)Cn2cc(NC(=O)C(C)Oc3cccc(C(C)C)c3)cn2)cc1. The summed E-state index contributed by atoms with van der Waals surface area (Å²) < 4.78 is 12.3. The lowest BCUT2D eigenvalue weighted by molar-refractivity contribution is -0.122. The Morgan fingerprint density at radius 3 is 2.44 bits per heavy atom. The number of aromatic nitrogens is 2. The number of rotatable bonds is 9. The largest absolute Gasteiger partial charge is 0.497 e. The summed E-state index contributed by atoms with van der Waals surface area (Å²) in [6, 6.07) is 14.7. The molecule has 2 aromatic carbocycles. The second kappa shape index (κ2) is 10.5. The highest BCUT2D eigenvalue weighted by Crippen LogP contribution is 2.21. The number of benzene rings is 2. The van der Waals surface area contributed by atoms with Crippen LogP contribution in [0, 0.1) is 0 Å². The summed E-state index contributed by atoms with van der Waals surface area (Å²) in [4.78, 5) is 24.7. The fourth-order valence-electron chi connectivity index (χ4n) is 2.99. The molecule has 8 nitrogen and oxygen atoms in total. The number of carbonyl (C=O) groups is 2. The van der Waals surface area contributed by atoms with Gasteiger partial charge in [-0.2, -0.15) is 5.10 Å². The third kappa shape index (κ3) is 6.34. The van der Waals surface area contributed by atoms with E-state index in [1.54, 1.807) is 44.5 Å². The Bertz CT molecular complexity index is 1060. The molecular formula is C24H28N4O4. The van der Waals surface area contributed by atoms with Crippen molar-refractivity contribution in [3.8, 4) is 11.5 Å². The van der Waals surface area contributed by atoms with E-state index in [1.165, 1.54) is 10.9 Å². The van der Waals surface area contributed by atoms with E-state index < -0.39 is 6.10 Å². The van der Waals surface area contributed by atoms with Crippen molar-refractivity contribution in [2.75, 3.05) is 17.7 Å². The van der Waals surface area contributed by atoms with Crippen LogP contribution in [-0.2, 0) is 16.1 Å². The molecule has 0 aliphatic heterocycles. The molecule has 0 aliphatic rings. The van der Waals surface area contributed by atoms with Gasteiger partial charge in [0, 0.05) is 11.9 Å². The van der Waals surface area contributed by atoms with Crippen LogP contribution in [0.5, 0.6) is 11.5 Å². The molecule has 1 aromatic heterocycles. The van der Waals surface area contributed by atoms with E-state index in [0.29, 0.717) is 28.8 Å². The minimum absolute atomic E-state index is 0.00987. The number of carbonyl (C=O) groups excluding carboxylic acids is 2. The van der Waals surface area contributed by atoms with Crippen LogP contribution in [-0.4, -0.2) is 34.8 Å². The maximum Gasteiger partial charge on any atom is 0.265 e. The third-order valence-corrected chi connectivity index (χ3v) is 4.79. The van der Waals surface area contributed by atoms with E-state index in [0.717, 1.165) is 5.56 Å². The maximum absolute atomic E-state index is 12.5. The van der Waals surface area contributed by atoms with Gasteiger partial charge in [0.05, 0.1) is 19.0 Å². The Morgan fingerprint density at radius 2 is 1.75 bits per heavy atom. The molecule has 0 aliphatic carbocycles. The van der Waals surface area contributed by atoms with Crippen LogP contribution in [0.3, 0.4) is 0 Å². The van der Waals surface area contributed by atoms with Crippen LogP contribution in [0.25, 0.3) is 0 Å². The molecule has 1 heterocycles. The minimum Gasteiger partial charge on any atom is -0.497 e. The summed E-state index contributed by atoms with van der Waals surface area (Å²) in [6.45, 7) is 5.90.